The Hall–Kier alpha value is -1.26. The Morgan fingerprint density at radius 1 is 1.15 bits per heavy atom. The Balaban J connectivity index is 4.42. The fourth-order valence-electron chi connectivity index (χ4n) is 1.74. The van der Waals surface area contributed by atoms with Gasteiger partial charge >= 0.3 is 12.0 Å². The van der Waals surface area contributed by atoms with Crippen molar-refractivity contribution in [3.05, 3.63) is 0 Å². The molecule has 0 saturated heterocycles. The van der Waals surface area contributed by atoms with E-state index in [2.05, 4.69) is 17.6 Å². The molecule has 0 aliphatic rings. The summed E-state index contributed by atoms with van der Waals surface area (Å²) in [5.41, 5.74) is -1.89. The third-order valence-electron chi connectivity index (χ3n) is 4.14. The maximum absolute atomic E-state index is 12.0. The number of urea groups is 1. The van der Waals surface area contributed by atoms with Crippen molar-refractivity contribution in [2.75, 3.05) is 0 Å². The Kier molecular flexibility index (Phi) is 7.03. The smallest absolute Gasteiger partial charge is 0.315 e. The van der Waals surface area contributed by atoms with Crippen LogP contribution in [-0.4, -0.2) is 28.7 Å². The van der Waals surface area contributed by atoms with Crippen LogP contribution in [0.4, 0.5) is 4.79 Å². The number of carbonyl (C=O) groups excluding carboxylic acids is 1. The van der Waals surface area contributed by atoms with Crippen molar-refractivity contribution in [1.29, 1.82) is 0 Å². The van der Waals surface area contributed by atoms with Gasteiger partial charge < -0.3 is 15.7 Å². The average molecular weight is 286 g/mol. The molecule has 0 spiro atoms. The molecule has 0 fully saturated rings. The van der Waals surface area contributed by atoms with Crippen LogP contribution in [0.5, 0.6) is 0 Å². The van der Waals surface area contributed by atoms with E-state index in [-0.39, 0.29) is 12.1 Å². The predicted molar refractivity (Wildman–Crippen MR) is 80.8 cm³/mol. The molecule has 0 heterocycles. The minimum Gasteiger partial charge on any atom is -0.481 e. The van der Waals surface area contributed by atoms with Crippen LogP contribution in [-0.2, 0) is 4.79 Å². The highest BCUT2D eigenvalue weighted by molar-refractivity contribution is 5.79. The van der Waals surface area contributed by atoms with E-state index < -0.39 is 16.9 Å². The molecule has 0 aliphatic heterocycles. The normalized spacial score (nSPS) is 13.7. The third kappa shape index (κ3) is 5.39. The molecule has 1 unspecified atom stereocenters. The van der Waals surface area contributed by atoms with E-state index in [1.807, 2.05) is 6.92 Å². The van der Waals surface area contributed by atoms with Crippen molar-refractivity contribution in [3.8, 4) is 0 Å². The molecule has 0 bridgehead atoms. The second-order valence-corrected chi connectivity index (χ2v) is 6.55. The second-order valence-electron chi connectivity index (χ2n) is 6.55. The molecule has 0 aromatic heterocycles. The molecule has 0 aromatic carbocycles. The first kappa shape index (κ1) is 18.7. The molecule has 118 valence electrons. The summed E-state index contributed by atoms with van der Waals surface area (Å²) in [4.78, 5) is 23.2. The Morgan fingerprint density at radius 3 is 2.15 bits per heavy atom. The fourth-order valence-corrected chi connectivity index (χ4v) is 1.74. The SMILES string of the molecule is CCCCCC(C)NC(=O)NC(C)(C)C(C)(C)C(=O)O. The second kappa shape index (κ2) is 7.50. The predicted octanol–water partition coefficient (Wildman–Crippen LogP) is 3.14. The minimum absolute atomic E-state index is 0.0882. The number of carboxylic acids is 1. The summed E-state index contributed by atoms with van der Waals surface area (Å²) in [6, 6.07) is -0.224. The molecule has 0 radical (unpaired) electrons. The Bertz CT molecular complexity index is 338. The number of amides is 2. The Morgan fingerprint density at radius 2 is 1.70 bits per heavy atom. The zero-order valence-electron chi connectivity index (χ0n) is 13.7. The van der Waals surface area contributed by atoms with Gasteiger partial charge in [0.25, 0.3) is 0 Å². The topological polar surface area (TPSA) is 78.4 Å². The molecule has 0 aliphatic carbocycles. The van der Waals surface area contributed by atoms with Crippen LogP contribution in [0.25, 0.3) is 0 Å². The molecular weight excluding hydrogens is 256 g/mol. The summed E-state index contributed by atoms with van der Waals surface area (Å²) < 4.78 is 0. The number of carboxylic acid groups (broad SMARTS) is 1. The average Bonchev–Trinajstić information content (AvgIpc) is 2.27. The fraction of sp³-hybridized carbons (Fsp3) is 0.867. The molecule has 0 aromatic rings. The van der Waals surface area contributed by atoms with Crippen molar-refractivity contribution < 1.29 is 14.7 Å². The van der Waals surface area contributed by atoms with Gasteiger partial charge in [-0.25, -0.2) is 4.79 Å². The van der Waals surface area contributed by atoms with Crippen LogP contribution in [0.1, 0.15) is 67.2 Å². The summed E-state index contributed by atoms with van der Waals surface area (Å²) in [7, 11) is 0. The van der Waals surface area contributed by atoms with E-state index in [9.17, 15) is 14.7 Å². The quantitative estimate of drug-likeness (QED) is 0.600. The van der Waals surface area contributed by atoms with E-state index in [1.165, 1.54) is 0 Å². The van der Waals surface area contributed by atoms with Crippen molar-refractivity contribution >= 4 is 12.0 Å². The highest BCUT2D eigenvalue weighted by atomic mass is 16.4. The van der Waals surface area contributed by atoms with Gasteiger partial charge in [0.15, 0.2) is 0 Å². The summed E-state index contributed by atoms with van der Waals surface area (Å²) in [5.74, 6) is -0.932. The van der Waals surface area contributed by atoms with Gasteiger partial charge in [-0.05, 0) is 41.0 Å². The molecule has 1 atom stereocenters. The lowest BCUT2D eigenvalue weighted by molar-refractivity contribution is -0.150. The van der Waals surface area contributed by atoms with Gasteiger partial charge in [0.1, 0.15) is 0 Å². The molecule has 2 amide bonds. The first-order valence-corrected chi connectivity index (χ1v) is 7.36. The lowest BCUT2D eigenvalue weighted by Crippen LogP contribution is -2.59. The number of unbranched alkanes of at least 4 members (excludes halogenated alkanes) is 2. The van der Waals surface area contributed by atoms with Gasteiger partial charge in [0.05, 0.1) is 11.0 Å². The molecule has 0 rings (SSSR count). The number of carbonyl (C=O) groups is 2. The van der Waals surface area contributed by atoms with Crippen LogP contribution in [0, 0.1) is 5.41 Å². The van der Waals surface area contributed by atoms with Crippen molar-refractivity contribution in [2.45, 2.75) is 78.8 Å². The Labute approximate surface area is 122 Å². The monoisotopic (exact) mass is 286 g/mol. The van der Waals surface area contributed by atoms with Crippen molar-refractivity contribution in [2.24, 2.45) is 5.41 Å². The van der Waals surface area contributed by atoms with E-state index in [0.717, 1.165) is 25.7 Å². The van der Waals surface area contributed by atoms with Crippen LogP contribution >= 0.6 is 0 Å². The lowest BCUT2D eigenvalue weighted by Gasteiger charge is -2.39. The summed E-state index contributed by atoms with van der Waals surface area (Å²) in [6.07, 6.45) is 4.33. The van der Waals surface area contributed by atoms with Crippen molar-refractivity contribution in [1.82, 2.24) is 10.6 Å². The standard InChI is InChI=1S/C15H30N2O3/c1-7-8-9-10-11(2)16-13(20)17-15(5,6)14(3,4)12(18)19/h11H,7-10H2,1-6H3,(H,18,19)(H2,16,17,20). The van der Waals surface area contributed by atoms with E-state index >= 15 is 0 Å². The maximum atomic E-state index is 12.0. The molecular formula is C15H30N2O3. The molecule has 5 heteroatoms. The number of aliphatic carboxylic acids is 1. The van der Waals surface area contributed by atoms with Crippen LogP contribution in [0.15, 0.2) is 0 Å². The third-order valence-corrected chi connectivity index (χ3v) is 4.14. The highest BCUT2D eigenvalue weighted by Gasteiger charge is 2.44. The zero-order chi connectivity index (χ0) is 16.0. The molecule has 0 saturated carbocycles. The molecule has 20 heavy (non-hydrogen) atoms. The summed E-state index contributed by atoms with van der Waals surface area (Å²) >= 11 is 0. The van der Waals surface area contributed by atoms with E-state index in [1.54, 1.807) is 27.7 Å². The van der Waals surface area contributed by atoms with Gasteiger partial charge in [0.2, 0.25) is 0 Å². The zero-order valence-corrected chi connectivity index (χ0v) is 13.7. The largest absolute Gasteiger partial charge is 0.481 e. The van der Waals surface area contributed by atoms with Crippen molar-refractivity contribution in [3.63, 3.8) is 0 Å². The van der Waals surface area contributed by atoms with Crippen LogP contribution < -0.4 is 10.6 Å². The number of hydrogen-bond acceptors (Lipinski definition) is 2. The summed E-state index contributed by atoms with van der Waals surface area (Å²) in [6.45, 7) is 10.8. The summed E-state index contributed by atoms with van der Waals surface area (Å²) in [5, 5.41) is 14.9. The van der Waals surface area contributed by atoms with Crippen LogP contribution in [0.3, 0.4) is 0 Å². The van der Waals surface area contributed by atoms with Gasteiger partial charge in [-0.1, -0.05) is 26.2 Å². The number of hydrogen-bond donors (Lipinski definition) is 3. The van der Waals surface area contributed by atoms with Gasteiger partial charge in [0, 0.05) is 6.04 Å². The number of nitrogens with one attached hydrogen (secondary N) is 2. The number of rotatable bonds is 8. The molecule has 5 nitrogen and oxygen atoms in total. The van der Waals surface area contributed by atoms with Gasteiger partial charge in [-0.2, -0.15) is 0 Å². The first-order valence-electron chi connectivity index (χ1n) is 7.36. The first-order chi connectivity index (χ1) is 9.04. The van der Waals surface area contributed by atoms with Gasteiger partial charge in [-0.3, -0.25) is 4.79 Å². The van der Waals surface area contributed by atoms with Crippen LogP contribution in [0.2, 0.25) is 0 Å². The van der Waals surface area contributed by atoms with Gasteiger partial charge in [-0.15, -0.1) is 0 Å². The minimum atomic E-state index is -1.05. The highest BCUT2D eigenvalue weighted by Crippen LogP contribution is 2.30. The maximum Gasteiger partial charge on any atom is 0.315 e. The van der Waals surface area contributed by atoms with E-state index in [4.69, 9.17) is 0 Å². The lowest BCUT2D eigenvalue weighted by atomic mass is 9.74. The van der Waals surface area contributed by atoms with E-state index in [0.29, 0.717) is 0 Å². The molecule has 3 N–H and O–H groups in total.